The summed E-state index contributed by atoms with van der Waals surface area (Å²) in [4.78, 5) is 12.2. The molecule has 8 heteroatoms. The van der Waals surface area contributed by atoms with Gasteiger partial charge in [0.1, 0.15) is 11.6 Å². The van der Waals surface area contributed by atoms with Gasteiger partial charge >= 0.3 is 0 Å². The third kappa shape index (κ3) is 3.48. The van der Waals surface area contributed by atoms with Crippen LogP contribution < -0.4 is 5.32 Å². The van der Waals surface area contributed by atoms with Crippen LogP contribution in [0, 0.1) is 12.7 Å². The van der Waals surface area contributed by atoms with Crippen molar-refractivity contribution in [1.29, 1.82) is 0 Å². The van der Waals surface area contributed by atoms with E-state index in [9.17, 15) is 9.18 Å². The highest BCUT2D eigenvalue weighted by Gasteiger charge is 2.20. The van der Waals surface area contributed by atoms with Crippen LogP contribution in [-0.2, 0) is 4.79 Å². The number of furan rings is 1. The number of carbonyl (C=O) groups is 1. The lowest BCUT2D eigenvalue weighted by atomic mass is 10.3. The molecule has 0 spiro atoms. The van der Waals surface area contributed by atoms with Crippen molar-refractivity contribution in [2.75, 3.05) is 5.32 Å². The first-order chi connectivity index (χ1) is 11.5. The van der Waals surface area contributed by atoms with Crippen LogP contribution in [0.4, 0.5) is 10.1 Å². The van der Waals surface area contributed by atoms with E-state index in [-0.39, 0.29) is 16.8 Å². The van der Waals surface area contributed by atoms with Gasteiger partial charge in [-0.05, 0) is 32.0 Å². The number of aryl methyl sites for hydroxylation is 1. The van der Waals surface area contributed by atoms with Crippen molar-refractivity contribution < 1.29 is 18.0 Å². The molecule has 1 atom stereocenters. The van der Waals surface area contributed by atoms with Gasteiger partial charge in [-0.15, -0.1) is 10.2 Å². The summed E-state index contributed by atoms with van der Waals surface area (Å²) in [5, 5.41) is 10.1. The highest BCUT2D eigenvalue weighted by atomic mass is 32.2. The Kier molecular flexibility index (Phi) is 4.66. The lowest BCUT2D eigenvalue weighted by molar-refractivity contribution is -0.115. The molecule has 124 valence electrons. The minimum absolute atomic E-state index is 0.134. The molecule has 0 aliphatic carbocycles. The highest BCUT2D eigenvalue weighted by molar-refractivity contribution is 8.00. The summed E-state index contributed by atoms with van der Waals surface area (Å²) in [5.74, 6) is 0.147. The first kappa shape index (κ1) is 16.3. The number of thioether (sulfide) groups is 1. The van der Waals surface area contributed by atoms with Gasteiger partial charge in [-0.2, -0.15) is 0 Å². The summed E-state index contributed by atoms with van der Waals surface area (Å²) in [6.07, 6.45) is 1.53. The second kappa shape index (κ2) is 6.88. The van der Waals surface area contributed by atoms with Crippen molar-refractivity contribution in [2.24, 2.45) is 0 Å². The van der Waals surface area contributed by atoms with Crippen LogP contribution >= 0.6 is 11.8 Å². The topological polar surface area (TPSA) is 81.2 Å². The predicted octanol–water partition coefficient (Wildman–Crippen LogP) is 3.90. The van der Waals surface area contributed by atoms with Gasteiger partial charge < -0.3 is 14.2 Å². The van der Waals surface area contributed by atoms with Crippen LogP contribution in [0.5, 0.6) is 0 Å². The molecule has 1 N–H and O–H groups in total. The summed E-state index contributed by atoms with van der Waals surface area (Å²) < 4.78 is 24.3. The number of para-hydroxylation sites is 1. The molecule has 0 bridgehead atoms. The maximum absolute atomic E-state index is 13.6. The van der Waals surface area contributed by atoms with E-state index in [1.807, 2.05) is 0 Å². The van der Waals surface area contributed by atoms with E-state index < -0.39 is 11.1 Å². The Morgan fingerprint density at radius 3 is 2.79 bits per heavy atom. The van der Waals surface area contributed by atoms with E-state index in [0.717, 1.165) is 11.8 Å². The van der Waals surface area contributed by atoms with Gasteiger partial charge in [-0.1, -0.05) is 23.9 Å². The van der Waals surface area contributed by atoms with Crippen molar-refractivity contribution in [3.05, 3.63) is 48.2 Å². The van der Waals surface area contributed by atoms with Crippen LogP contribution in [0.3, 0.4) is 0 Å². The molecule has 2 aromatic heterocycles. The average Bonchev–Trinajstić information content (AvgIpc) is 3.18. The number of anilines is 1. The Balaban J connectivity index is 1.66. The number of hydrogen-bond acceptors (Lipinski definition) is 6. The van der Waals surface area contributed by atoms with Crippen LogP contribution in [0.1, 0.15) is 12.7 Å². The maximum atomic E-state index is 13.6. The molecule has 1 amide bonds. The Hall–Kier alpha value is -2.61. The number of benzene rings is 1. The Morgan fingerprint density at radius 2 is 2.08 bits per heavy atom. The molecule has 0 aliphatic heterocycles. The zero-order valence-corrected chi connectivity index (χ0v) is 13.8. The molecule has 1 aromatic carbocycles. The number of aromatic nitrogens is 2. The Morgan fingerprint density at radius 1 is 1.29 bits per heavy atom. The molecule has 0 unspecified atom stereocenters. The fourth-order valence-electron chi connectivity index (χ4n) is 1.97. The van der Waals surface area contributed by atoms with Gasteiger partial charge in [0.2, 0.25) is 5.91 Å². The number of nitrogens with one attached hydrogen (secondary N) is 1. The van der Waals surface area contributed by atoms with Crippen molar-refractivity contribution in [2.45, 2.75) is 24.3 Å². The molecule has 6 nitrogen and oxygen atoms in total. The van der Waals surface area contributed by atoms with Crippen molar-refractivity contribution >= 4 is 23.4 Å². The molecule has 3 aromatic rings. The lowest BCUT2D eigenvalue weighted by Crippen LogP contribution is -2.22. The third-order valence-corrected chi connectivity index (χ3v) is 4.21. The fraction of sp³-hybridized carbons (Fsp3) is 0.188. The van der Waals surface area contributed by atoms with Gasteiger partial charge in [-0.25, -0.2) is 4.39 Å². The summed E-state index contributed by atoms with van der Waals surface area (Å²) >= 11 is 1.10. The molecule has 24 heavy (non-hydrogen) atoms. The largest absolute Gasteiger partial charge is 0.469 e. The fourth-order valence-corrected chi connectivity index (χ4v) is 2.66. The average molecular weight is 347 g/mol. The number of nitrogens with zero attached hydrogens (tertiary/aromatic N) is 2. The third-order valence-electron chi connectivity index (χ3n) is 3.27. The van der Waals surface area contributed by atoms with Crippen LogP contribution in [0.25, 0.3) is 11.5 Å². The second-order valence-corrected chi connectivity index (χ2v) is 6.28. The van der Waals surface area contributed by atoms with Crippen molar-refractivity contribution in [1.82, 2.24) is 10.2 Å². The minimum Gasteiger partial charge on any atom is -0.469 e. The molecule has 0 saturated heterocycles. The van der Waals surface area contributed by atoms with Gasteiger partial charge in [0, 0.05) is 0 Å². The van der Waals surface area contributed by atoms with Crippen LogP contribution in [0.15, 0.2) is 50.7 Å². The zero-order chi connectivity index (χ0) is 17.1. The maximum Gasteiger partial charge on any atom is 0.277 e. The Bertz CT molecular complexity index is 862. The molecular weight excluding hydrogens is 333 g/mol. The van der Waals surface area contributed by atoms with Gasteiger partial charge in [0.05, 0.1) is 22.8 Å². The second-order valence-electron chi connectivity index (χ2n) is 4.99. The molecule has 3 rings (SSSR count). The smallest absolute Gasteiger partial charge is 0.277 e. The van der Waals surface area contributed by atoms with Crippen LogP contribution in [0.2, 0.25) is 0 Å². The minimum atomic E-state index is -0.539. The monoisotopic (exact) mass is 347 g/mol. The van der Waals surface area contributed by atoms with Gasteiger partial charge in [0.25, 0.3) is 11.1 Å². The summed E-state index contributed by atoms with van der Waals surface area (Å²) in [6.45, 7) is 3.46. The van der Waals surface area contributed by atoms with E-state index >= 15 is 0 Å². The first-order valence-electron chi connectivity index (χ1n) is 7.14. The van der Waals surface area contributed by atoms with E-state index in [4.69, 9.17) is 8.83 Å². The van der Waals surface area contributed by atoms with Crippen molar-refractivity contribution in [3.8, 4) is 11.5 Å². The molecule has 0 aliphatic rings. The number of halogens is 1. The Labute approximate surface area is 141 Å². The van der Waals surface area contributed by atoms with E-state index in [1.165, 1.54) is 18.4 Å². The highest BCUT2D eigenvalue weighted by Crippen LogP contribution is 2.28. The summed E-state index contributed by atoms with van der Waals surface area (Å²) in [7, 11) is 0. The number of carbonyl (C=O) groups excluding carboxylic acids is 1. The van der Waals surface area contributed by atoms with E-state index in [1.54, 1.807) is 32.0 Å². The molecule has 0 saturated carbocycles. The SMILES string of the molecule is Cc1occc1-c1nnc(S[C@@H](C)C(=O)Nc2ccccc2F)o1. The van der Waals surface area contributed by atoms with Gasteiger partial charge in [0.15, 0.2) is 0 Å². The molecule has 2 heterocycles. The van der Waals surface area contributed by atoms with Gasteiger partial charge in [-0.3, -0.25) is 4.79 Å². The lowest BCUT2D eigenvalue weighted by Gasteiger charge is -2.10. The van der Waals surface area contributed by atoms with E-state index in [0.29, 0.717) is 17.2 Å². The number of rotatable bonds is 5. The van der Waals surface area contributed by atoms with Crippen molar-refractivity contribution in [3.63, 3.8) is 0 Å². The van der Waals surface area contributed by atoms with E-state index in [2.05, 4.69) is 15.5 Å². The standard InChI is InChI=1S/C16H14FN3O3S/c1-9-11(7-8-22-9)15-19-20-16(23-15)24-10(2)14(21)18-13-6-4-3-5-12(13)17/h3-8,10H,1-2H3,(H,18,21)/t10-/m0/s1. The van der Waals surface area contributed by atoms with Crippen LogP contribution in [-0.4, -0.2) is 21.4 Å². The first-order valence-corrected chi connectivity index (χ1v) is 8.02. The quantitative estimate of drug-likeness (QED) is 0.705. The summed E-state index contributed by atoms with van der Waals surface area (Å²) in [5.41, 5.74) is 0.841. The summed E-state index contributed by atoms with van der Waals surface area (Å²) in [6, 6.07) is 7.71. The number of amides is 1. The molecule has 0 radical (unpaired) electrons. The molecular formula is C16H14FN3O3S. The molecule has 0 fully saturated rings. The normalized spacial score (nSPS) is 12.1. The zero-order valence-electron chi connectivity index (χ0n) is 12.9. The predicted molar refractivity (Wildman–Crippen MR) is 87.1 cm³/mol. The number of hydrogen-bond donors (Lipinski definition) is 1.